The van der Waals surface area contributed by atoms with E-state index in [1.165, 1.54) is 11.3 Å². The molecule has 1 N–H and O–H groups in total. The first kappa shape index (κ1) is 17.5. The lowest BCUT2D eigenvalue weighted by atomic mass is 9.80. The summed E-state index contributed by atoms with van der Waals surface area (Å²) in [5, 5.41) is 3.67. The maximum Gasteiger partial charge on any atom is 0.0384 e. The number of benzene rings is 1. The van der Waals surface area contributed by atoms with Crippen molar-refractivity contribution >= 4 is 11.8 Å². The second kappa shape index (κ2) is 8.71. The van der Waals surface area contributed by atoms with Gasteiger partial charge < -0.3 is 10.2 Å². The van der Waals surface area contributed by atoms with Crippen LogP contribution in [-0.2, 0) is 0 Å². The summed E-state index contributed by atoms with van der Waals surface area (Å²) in [6.07, 6.45) is 2.17. The van der Waals surface area contributed by atoms with Crippen LogP contribution in [0, 0.1) is 5.41 Å². The van der Waals surface area contributed by atoms with Gasteiger partial charge >= 0.3 is 0 Å². The molecule has 0 amide bonds. The molecule has 0 saturated heterocycles. The Morgan fingerprint density at radius 3 is 2.45 bits per heavy atom. The fraction of sp³-hybridized carbons (Fsp3) is 0.647. The van der Waals surface area contributed by atoms with Gasteiger partial charge in [0.1, 0.15) is 0 Å². The van der Waals surface area contributed by atoms with Gasteiger partial charge in [-0.2, -0.15) is 11.8 Å². The highest BCUT2D eigenvalue weighted by atomic mass is 32.2. The summed E-state index contributed by atoms with van der Waals surface area (Å²) in [5.74, 6) is 1.20. The molecule has 1 atom stereocenters. The Morgan fingerprint density at radius 2 is 1.90 bits per heavy atom. The summed E-state index contributed by atoms with van der Waals surface area (Å²) in [7, 11) is 2.23. The van der Waals surface area contributed by atoms with Crippen molar-refractivity contribution in [2.24, 2.45) is 5.41 Å². The molecule has 0 aliphatic heterocycles. The van der Waals surface area contributed by atoms with Crippen molar-refractivity contribution in [2.75, 3.05) is 38.7 Å². The molecule has 1 rings (SSSR count). The van der Waals surface area contributed by atoms with Crippen LogP contribution in [0.3, 0.4) is 0 Å². The highest BCUT2D eigenvalue weighted by molar-refractivity contribution is 7.98. The van der Waals surface area contributed by atoms with E-state index < -0.39 is 0 Å². The van der Waals surface area contributed by atoms with Gasteiger partial charge in [0.15, 0.2) is 0 Å². The second-order valence-corrected chi connectivity index (χ2v) is 7.11. The molecule has 0 aliphatic rings. The first-order valence-corrected chi connectivity index (χ1v) is 8.86. The SMILES string of the molecule is CCNC(c1ccccc1)C(C)(C)CN(C)CCSC. The third-order valence-electron chi connectivity index (χ3n) is 3.68. The molecule has 114 valence electrons. The average Bonchev–Trinajstić information content (AvgIpc) is 2.42. The first-order valence-electron chi connectivity index (χ1n) is 7.47. The third kappa shape index (κ3) is 5.47. The molecular formula is C17H30N2S. The molecular weight excluding hydrogens is 264 g/mol. The number of thioether (sulfide) groups is 1. The van der Waals surface area contributed by atoms with Crippen molar-refractivity contribution in [2.45, 2.75) is 26.8 Å². The number of nitrogens with zero attached hydrogens (tertiary/aromatic N) is 1. The highest BCUT2D eigenvalue weighted by Crippen LogP contribution is 2.33. The van der Waals surface area contributed by atoms with Crippen molar-refractivity contribution in [3.63, 3.8) is 0 Å². The Hall–Kier alpha value is -0.510. The molecule has 0 saturated carbocycles. The van der Waals surface area contributed by atoms with Crippen LogP contribution in [0.15, 0.2) is 30.3 Å². The van der Waals surface area contributed by atoms with E-state index in [1.54, 1.807) is 0 Å². The summed E-state index contributed by atoms with van der Waals surface area (Å²) in [5.41, 5.74) is 1.59. The molecule has 0 heterocycles. The van der Waals surface area contributed by atoms with Crippen LogP contribution >= 0.6 is 11.8 Å². The normalized spacial score (nSPS) is 13.7. The van der Waals surface area contributed by atoms with E-state index in [2.05, 4.69) is 74.6 Å². The summed E-state index contributed by atoms with van der Waals surface area (Å²) >= 11 is 1.91. The van der Waals surface area contributed by atoms with Gasteiger partial charge in [0.2, 0.25) is 0 Å². The maximum atomic E-state index is 3.67. The number of hydrogen-bond donors (Lipinski definition) is 1. The lowest BCUT2D eigenvalue weighted by Gasteiger charge is -2.38. The minimum Gasteiger partial charge on any atom is -0.310 e. The molecule has 0 spiro atoms. The monoisotopic (exact) mass is 294 g/mol. The van der Waals surface area contributed by atoms with E-state index in [-0.39, 0.29) is 5.41 Å². The van der Waals surface area contributed by atoms with Gasteiger partial charge in [0, 0.05) is 24.9 Å². The van der Waals surface area contributed by atoms with Gasteiger partial charge in [-0.15, -0.1) is 0 Å². The minimum absolute atomic E-state index is 0.199. The van der Waals surface area contributed by atoms with Crippen LogP contribution in [0.4, 0.5) is 0 Å². The summed E-state index contributed by atoms with van der Waals surface area (Å²) < 4.78 is 0. The third-order valence-corrected chi connectivity index (χ3v) is 4.27. The van der Waals surface area contributed by atoms with Crippen molar-refractivity contribution < 1.29 is 0 Å². The van der Waals surface area contributed by atoms with Crippen molar-refractivity contribution in [3.05, 3.63) is 35.9 Å². The van der Waals surface area contributed by atoms with E-state index in [0.717, 1.165) is 19.6 Å². The minimum atomic E-state index is 0.199. The van der Waals surface area contributed by atoms with Gasteiger partial charge in [-0.1, -0.05) is 51.1 Å². The quantitative estimate of drug-likeness (QED) is 0.748. The number of nitrogens with one attached hydrogen (secondary N) is 1. The number of hydrogen-bond acceptors (Lipinski definition) is 3. The molecule has 1 aromatic rings. The lowest BCUT2D eigenvalue weighted by Crippen LogP contribution is -2.42. The number of rotatable bonds is 9. The van der Waals surface area contributed by atoms with Crippen LogP contribution in [0.1, 0.15) is 32.4 Å². The van der Waals surface area contributed by atoms with Gasteiger partial charge in [-0.25, -0.2) is 0 Å². The molecule has 2 nitrogen and oxygen atoms in total. The average molecular weight is 295 g/mol. The first-order chi connectivity index (χ1) is 9.51. The Morgan fingerprint density at radius 1 is 1.25 bits per heavy atom. The molecule has 3 heteroatoms. The zero-order valence-electron chi connectivity index (χ0n) is 13.6. The van der Waals surface area contributed by atoms with Crippen molar-refractivity contribution in [3.8, 4) is 0 Å². The standard InChI is InChI=1S/C17H30N2S/c1-6-18-16(15-10-8-7-9-11-15)17(2,3)14-19(4)12-13-20-5/h7-11,16,18H,6,12-14H2,1-5H3. The molecule has 0 radical (unpaired) electrons. The largest absolute Gasteiger partial charge is 0.310 e. The van der Waals surface area contributed by atoms with Gasteiger partial charge in [0.05, 0.1) is 0 Å². The summed E-state index contributed by atoms with van der Waals surface area (Å²) in [6, 6.07) is 11.2. The highest BCUT2D eigenvalue weighted by Gasteiger charge is 2.31. The molecule has 1 aromatic carbocycles. The molecule has 20 heavy (non-hydrogen) atoms. The fourth-order valence-corrected chi connectivity index (χ4v) is 3.30. The van der Waals surface area contributed by atoms with E-state index in [0.29, 0.717) is 6.04 Å². The fourth-order valence-electron chi connectivity index (χ4n) is 2.81. The van der Waals surface area contributed by atoms with Gasteiger partial charge in [0.25, 0.3) is 0 Å². The van der Waals surface area contributed by atoms with Gasteiger partial charge in [-0.3, -0.25) is 0 Å². The van der Waals surface area contributed by atoms with Gasteiger partial charge in [-0.05, 0) is 30.8 Å². The maximum absolute atomic E-state index is 3.67. The molecule has 1 unspecified atom stereocenters. The summed E-state index contributed by atoms with van der Waals surface area (Å²) in [4.78, 5) is 2.45. The predicted octanol–water partition coefficient (Wildman–Crippen LogP) is 3.66. The Balaban J connectivity index is 2.78. The molecule has 0 aliphatic carbocycles. The second-order valence-electron chi connectivity index (χ2n) is 6.12. The molecule has 0 fully saturated rings. The Labute approximate surface area is 129 Å². The van der Waals surface area contributed by atoms with Crippen molar-refractivity contribution in [1.29, 1.82) is 0 Å². The zero-order chi connectivity index (χ0) is 15.0. The predicted molar refractivity (Wildman–Crippen MR) is 92.5 cm³/mol. The smallest absolute Gasteiger partial charge is 0.0384 e. The van der Waals surface area contributed by atoms with Crippen LogP contribution in [0.25, 0.3) is 0 Å². The van der Waals surface area contributed by atoms with E-state index >= 15 is 0 Å². The Kier molecular flexibility index (Phi) is 7.63. The summed E-state index contributed by atoms with van der Waals surface area (Å²) in [6.45, 7) is 10.2. The Bertz CT molecular complexity index is 365. The molecule has 0 bridgehead atoms. The van der Waals surface area contributed by atoms with Crippen LogP contribution < -0.4 is 5.32 Å². The van der Waals surface area contributed by atoms with Crippen LogP contribution in [-0.4, -0.2) is 43.6 Å². The molecule has 0 aromatic heterocycles. The van der Waals surface area contributed by atoms with Crippen molar-refractivity contribution in [1.82, 2.24) is 10.2 Å². The van der Waals surface area contributed by atoms with Crippen LogP contribution in [0.2, 0.25) is 0 Å². The zero-order valence-corrected chi connectivity index (χ0v) is 14.5. The van der Waals surface area contributed by atoms with E-state index in [9.17, 15) is 0 Å². The topological polar surface area (TPSA) is 15.3 Å². The van der Waals surface area contributed by atoms with E-state index in [1.807, 2.05) is 11.8 Å². The lowest BCUT2D eigenvalue weighted by molar-refractivity contribution is 0.163. The van der Waals surface area contributed by atoms with E-state index in [4.69, 9.17) is 0 Å². The van der Waals surface area contributed by atoms with Crippen LogP contribution in [0.5, 0.6) is 0 Å².